The number of rotatable bonds is 3. The van der Waals surface area contributed by atoms with Crippen molar-refractivity contribution in [2.45, 2.75) is 6.54 Å². The van der Waals surface area contributed by atoms with Gasteiger partial charge < -0.3 is 5.11 Å². The van der Waals surface area contributed by atoms with Gasteiger partial charge in [-0.3, -0.25) is 4.79 Å². The number of carbonyl (C=O) groups is 1. The minimum absolute atomic E-state index is 0.312. The van der Waals surface area contributed by atoms with Crippen LogP contribution in [0.4, 0.5) is 0 Å². The third-order valence-electron chi connectivity index (χ3n) is 1.81. The number of halogens is 1. The van der Waals surface area contributed by atoms with Crippen molar-refractivity contribution in [3.8, 4) is 11.4 Å². The predicted molar refractivity (Wildman–Crippen MR) is 55.9 cm³/mol. The minimum atomic E-state index is -1.02. The van der Waals surface area contributed by atoms with Gasteiger partial charge in [0.05, 0.1) is 0 Å². The third kappa shape index (κ3) is 2.34. The summed E-state index contributed by atoms with van der Waals surface area (Å²) in [7, 11) is 0. The van der Waals surface area contributed by atoms with Crippen LogP contribution in [0.1, 0.15) is 0 Å². The largest absolute Gasteiger partial charge is 0.480 e. The summed E-state index contributed by atoms with van der Waals surface area (Å²) in [6.07, 6.45) is 0. The second kappa shape index (κ2) is 4.28. The highest BCUT2D eigenvalue weighted by Crippen LogP contribution is 2.18. The molecule has 0 aliphatic carbocycles. The summed E-state index contributed by atoms with van der Waals surface area (Å²) in [5.74, 6) is -0.668. The van der Waals surface area contributed by atoms with Crippen LogP contribution in [-0.2, 0) is 11.3 Å². The molecule has 16 heavy (non-hydrogen) atoms. The number of carboxylic acid groups (broad SMARTS) is 1. The first-order chi connectivity index (χ1) is 7.65. The Balaban J connectivity index is 2.28. The Labute approximate surface area is 95.5 Å². The smallest absolute Gasteiger partial charge is 0.327 e. The maximum atomic E-state index is 10.4. The number of benzene rings is 1. The average Bonchev–Trinajstić information content (AvgIpc) is 2.65. The SMILES string of the molecule is O=C(O)Cn1nnc(-c2cccc(Cl)c2)n1. The quantitative estimate of drug-likeness (QED) is 0.865. The molecule has 0 saturated heterocycles. The molecule has 0 saturated carbocycles. The zero-order valence-corrected chi connectivity index (χ0v) is 8.79. The summed E-state index contributed by atoms with van der Waals surface area (Å²) in [5, 5.41) is 20.4. The molecule has 0 atom stereocenters. The molecule has 0 radical (unpaired) electrons. The normalized spacial score (nSPS) is 10.3. The Morgan fingerprint density at radius 1 is 1.50 bits per heavy atom. The van der Waals surface area contributed by atoms with Crippen molar-refractivity contribution in [3.05, 3.63) is 29.3 Å². The summed E-state index contributed by atoms with van der Waals surface area (Å²) in [6.45, 7) is -0.312. The number of hydrogen-bond donors (Lipinski definition) is 1. The fourth-order valence-corrected chi connectivity index (χ4v) is 1.36. The van der Waals surface area contributed by atoms with Gasteiger partial charge in [-0.05, 0) is 17.3 Å². The van der Waals surface area contributed by atoms with Crippen molar-refractivity contribution in [2.24, 2.45) is 0 Å². The second-order valence-corrected chi connectivity index (χ2v) is 3.48. The first kappa shape index (κ1) is 10.6. The highest BCUT2D eigenvalue weighted by molar-refractivity contribution is 6.30. The number of carboxylic acids is 1. The predicted octanol–water partition coefficient (Wildman–Crippen LogP) is 1.08. The molecular weight excluding hydrogens is 232 g/mol. The van der Waals surface area contributed by atoms with E-state index in [1.54, 1.807) is 24.3 Å². The molecule has 0 aliphatic heterocycles. The Morgan fingerprint density at radius 3 is 3.00 bits per heavy atom. The number of aromatic nitrogens is 4. The summed E-state index contributed by atoms with van der Waals surface area (Å²) < 4.78 is 0. The summed E-state index contributed by atoms with van der Waals surface area (Å²) in [6, 6.07) is 6.94. The van der Waals surface area contributed by atoms with Crippen molar-refractivity contribution in [2.75, 3.05) is 0 Å². The molecule has 0 amide bonds. The average molecular weight is 239 g/mol. The van der Waals surface area contributed by atoms with Gasteiger partial charge in [-0.1, -0.05) is 23.7 Å². The van der Waals surface area contributed by atoms with Crippen LogP contribution in [0, 0.1) is 0 Å². The van der Waals surface area contributed by atoms with Gasteiger partial charge in [0.2, 0.25) is 5.82 Å². The number of tetrazole rings is 1. The zero-order chi connectivity index (χ0) is 11.5. The molecule has 0 aliphatic rings. The maximum Gasteiger partial charge on any atom is 0.327 e. The van der Waals surface area contributed by atoms with Crippen LogP contribution in [0.2, 0.25) is 5.02 Å². The van der Waals surface area contributed by atoms with Gasteiger partial charge in [0.25, 0.3) is 0 Å². The molecule has 0 fully saturated rings. The Hall–Kier alpha value is -1.95. The molecule has 2 aromatic rings. The molecule has 1 heterocycles. The second-order valence-electron chi connectivity index (χ2n) is 3.05. The molecule has 82 valence electrons. The first-order valence-corrected chi connectivity index (χ1v) is 4.78. The lowest BCUT2D eigenvalue weighted by Gasteiger charge is -1.94. The fourth-order valence-electron chi connectivity index (χ4n) is 1.17. The Morgan fingerprint density at radius 2 is 2.31 bits per heavy atom. The van der Waals surface area contributed by atoms with E-state index in [9.17, 15) is 4.79 Å². The van der Waals surface area contributed by atoms with Crippen molar-refractivity contribution in [3.63, 3.8) is 0 Å². The van der Waals surface area contributed by atoms with E-state index in [0.717, 1.165) is 4.80 Å². The summed E-state index contributed by atoms with van der Waals surface area (Å²) in [4.78, 5) is 11.4. The Kier molecular flexibility index (Phi) is 2.82. The van der Waals surface area contributed by atoms with Gasteiger partial charge in [-0.2, -0.15) is 4.80 Å². The molecule has 1 aromatic carbocycles. The van der Waals surface area contributed by atoms with E-state index in [-0.39, 0.29) is 6.54 Å². The Bertz CT molecular complexity index is 526. The number of nitrogens with zero attached hydrogens (tertiary/aromatic N) is 4. The molecule has 0 spiro atoms. The van der Waals surface area contributed by atoms with Gasteiger partial charge in [0.1, 0.15) is 0 Å². The minimum Gasteiger partial charge on any atom is -0.480 e. The van der Waals surface area contributed by atoms with E-state index in [4.69, 9.17) is 16.7 Å². The van der Waals surface area contributed by atoms with Gasteiger partial charge in [-0.25, -0.2) is 0 Å². The van der Waals surface area contributed by atoms with Crippen LogP contribution in [0.15, 0.2) is 24.3 Å². The van der Waals surface area contributed by atoms with Gasteiger partial charge in [0, 0.05) is 10.6 Å². The molecule has 1 N–H and O–H groups in total. The van der Waals surface area contributed by atoms with Crippen LogP contribution in [0.3, 0.4) is 0 Å². The van der Waals surface area contributed by atoms with Crippen LogP contribution in [0.5, 0.6) is 0 Å². The van der Waals surface area contributed by atoms with Crippen molar-refractivity contribution in [1.82, 2.24) is 20.2 Å². The number of aliphatic carboxylic acids is 1. The van der Waals surface area contributed by atoms with Crippen LogP contribution in [-0.4, -0.2) is 31.3 Å². The third-order valence-corrected chi connectivity index (χ3v) is 2.05. The van der Waals surface area contributed by atoms with Gasteiger partial charge in [-0.15, -0.1) is 10.2 Å². The fraction of sp³-hybridized carbons (Fsp3) is 0.111. The summed E-state index contributed by atoms with van der Waals surface area (Å²) >= 11 is 5.81. The van der Waals surface area contributed by atoms with E-state index >= 15 is 0 Å². The monoisotopic (exact) mass is 238 g/mol. The standard InChI is InChI=1S/C9H7ClN4O2/c10-7-3-1-2-6(4-7)9-11-13-14(12-9)5-8(15)16/h1-4H,5H2,(H,15,16). The highest BCUT2D eigenvalue weighted by Gasteiger charge is 2.08. The van der Waals surface area contributed by atoms with E-state index in [1.807, 2.05) is 0 Å². The molecule has 0 bridgehead atoms. The van der Waals surface area contributed by atoms with Crippen molar-refractivity contribution in [1.29, 1.82) is 0 Å². The first-order valence-electron chi connectivity index (χ1n) is 4.41. The molecular formula is C9H7ClN4O2. The van der Waals surface area contributed by atoms with Crippen molar-refractivity contribution < 1.29 is 9.90 Å². The molecule has 7 heteroatoms. The molecule has 0 unspecified atom stereocenters. The van der Waals surface area contributed by atoms with Gasteiger partial charge in [0.15, 0.2) is 6.54 Å². The van der Waals surface area contributed by atoms with Crippen LogP contribution >= 0.6 is 11.6 Å². The van der Waals surface area contributed by atoms with Crippen molar-refractivity contribution >= 4 is 17.6 Å². The van der Waals surface area contributed by atoms with Crippen LogP contribution < -0.4 is 0 Å². The van der Waals surface area contributed by atoms with E-state index in [2.05, 4.69) is 15.4 Å². The van der Waals surface area contributed by atoms with E-state index in [0.29, 0.717) is 16.4 Å². The van der Waals surface area contributed by atoms with Crippen LogP contribution in [0.25, 0.3) is 11.4 Å². The number of hydrogen-bond acceptors (Lipinski definition) is 4. The lowest BCUT2D eigenvalue weighted by atomic mass is 10.2. The maximum absolute atomic E-state index is 10.4. The molecule has 2 rings (SSSR count). The van der Waals surface area contributed by atoms with E-state index < -0.39 is 5.97 Å². The topological polar surface area (TPSA) is 80.9 Å². The highest BCUT2D eigenvalue weighted by atomic mass is 35.5. The lowest BCUT2D eigenvalue weighted by Crippen LogP contribution is -2.11. The summed E-state index contributed by atoms with van der Waals surface area (Å²) in [5.41, 5.74) is 0.698. The molecule has 6 nitrogen and oxygen atoms in total. The van der Waals surface area contributed by atoms with Gasteiger partial charge >= 0.3 is 5.97 Å². The zero-order valence-electron chi connectivity index (χ0n) is 8.04. The lowest BCUT2D eigenvalue weighted by molar-refractivity contribution is -0.138. The molecule has 1 aromatic heterocycles. The van der Waals surface area contributed by atoms with E-state index in [1.165, 1.54) is 0 Å².